The number of carbonyl (C=O) groups is 2. The molecule has 2 aliphatic carbocycles. The van der Waals surface area contributed by atoms with Crippen LogP contribution in [0, 0.1) is 5.92 Å². The average molecular weight is 366 g/mol. The van der Waals surface area contributed by atoms with Gasteiger partial charge in [-0.2, -0.15) is 0 Å². The lowest BCUT2D eigenvalue weighted by atomic mass is 10.1. The summed E-state index contributed by atoms with van der Waals surface area (Å²) >= 11 is 3.32. The lowest BCUT2D eigenvalue weighted by Crippen LogP contribution is -2.45. The smallest absolute Gasteiger partial charge is 0.408 e. The van der Waals surface area contributed by atoms with Crippen LogP contribution < -0.4 is 5.32 Å². The van der Waals surface area contributed by atoms with Crippen LogP contribution in [0.25, 0.3) is 0 Å². The molecule has 1 saturated heterocycles. The van der Waals surface area contributed by atoms with E-state index in [2.05, 4.69) is 26.2 Å². The summed E-state index contributed by atoms with van der Waals surface area (Å²) in [5.41, 5.74) is 1.04. The van der Waals surface area contributed by atoms with Gasteiger partial charge in [0.25, 0.3) is 0 Å². The minimum Gasteiger partial charge on any atom is -0.465 e. The third-order valence-corrected chi connectivity index (χ3v) is 5.22. The molecule has 4 rings (SSSR count). The van der Waals surface area contributed by atoms with Gasteiger partial charge < -0.3 is 10.4 Å². The first-order valence-corrected chi connectivity index (χ1v) is 8.32. The van der Waals surface area contributed by atoms with E-state index in [9.17, 15) is 14.7 Å². The number of piperidine rings is 1. The molecular weight excluding hydrogens is 350 g/mol. The molecule has 0 unspecified atom stereocenters. The summed E-state index contributed by atoms with van der Waals surface area (Å²) in [5.74, 6) is 1.11. The number of halogens is 1. The minimum absolute atomic E-state index is 0.0339. The summed E-state index contributed by atoms with van der Waals surface area (Å²) in [7, 11) is 0. The van der Waals surface area contributed by atoms with Crippen LogP contribution in [0.15, 0.2) is 16.7 Å². The lowest BCUT2D eigenvalue weighted by Gasteiger charge is -2.24. The van der Waals surface area contributed by atoms with Crippen molar-refractivity contribution in [2.75, 3.05) is 5.32 Å². The SMILES string of the molecule is O=C(Nc1nc(Br)ccc1C1CC1)[C@@H]1C[C@H]2C[C@H]2N1C(=O)O. The van der Waals surface area contributed by atoms with Crippen LogP contribution in [0.4, 0.5) is 10.6 Å². The number of carbonyl (C=O) groups excluding carboxylic acids is 1. The van der Waals surface area contributed by atoms with Crippen LogP contribution in [0.5, 0.6) is 0 Å². The number of rotatable bonds is 3. The summed E-state index contributed by atoms with van der Waals surface area (Å²) in [6.07, 6.45) is 2.73. The molecule has 0 radical (unpaired) electrons. The molecule has 2 saturated carbocycles. The number of nitrogens with zero attached hydrogens (tertiary/aromatic N) is 2. The Morgan fingerprint density at radius 2 is 2.09 bits per heavy atom. The molecule has 2 N–H and O–H groups in total. The van der Waals surface area contributed by atoms with E-state index >= 15 is 0 Å². The number of hydrogen-bond acceptors (Lipinski definition) is 3. The van der Waals surface area contributed by atoms with E-state index in [0.29, 0.717) is 28.7 Å². The third-order valence-electron chi connectivity index (χ3n) is 4.78. The zero-order valence-corrected chi connectivity index (χ0v) is 13.4. The molecule has 2 amide bonds. The molecule has 116 valence electrons. The molecule has 3 atom stereocenters. The van der Waals surface area contributed by atoms with Crippen molar-refractivity contribution < 1.29 is 14.7 Å². The van der Waals surface area contributed by atoms with Crippen molar-refractivity contribution in [1.82, 2.24) is 9.88 Å². The van der Waals surface area contributed by atoms with Crippen LogP contribution in [0.3, 0.4) is 0 Å². The van der Waals surface area contributed by atoms with Gasteiger partial charge in [-0.1, -0.05) is 6.07 Å². The third kappa shape index (κ3) is 2.37. The molecule has 6 nitrogen and oxygen atoms in total. The van der Waals surface area contributed by atoms with Gasteiger partial charge in [0.05, 0.1) is 0 Å². The van der Waals surface area contributed by atoms with Gasteiger partial charge in [0.15, 0.2) is 0 Å². The Morgan fingerprint density at radius 1 is 1.32 bits per heavy atom. The van der Waals surface area contributed by atoms with E-state index in [1.54, 1.807) is 0 Å². The normalized spacial score (nSPS) is 29.1. The fraction of sp³-hybridized carbons (Fsp3) is 0.533. The molecule has 1 aromatic heterocycles. The molecule has 22 heavy (non-hydrogen) atoms. The largest absolute Gasteiger partial charge is 0.465 e. The first-order valence-electron chi connectivity index (χ1n) is 7.53. The van der Waals surface area contributed by atoms with Crippen LogP contribution >= 0.6 is 15.9 Å². The molecule has 1 aliphatic heterocycles. The van der Waals surface area contributed by atoms with Gasteiger partial charge in [0, 0.05) is 6.04 Å². The monoisotopic (exact) mass is 365 g/mol. The molecular formula is C15H16BrN3O3. The van der Waals surface area contributed by atoms with Crippen molar-refractivity contribution in [3.05, 3.63) is 22.3 Å². The summed E-state index contributed by atoms with van der Waals surface area (Å²) in [5, 5.41) is 12.2. The Hall–Kier alpha value is -1.63. The number of carboxylic acid groups (broad SMARTS) is 1. The Bertz CT molecular complexity index is 661. The Balaban J connectivity index is 1.55. The van der Waals surface area contributed by atoms with Gasteiger partial charge in [-0.05, 0) is 65.1 Å². The number of amides is 2. The van der Waals surface area contributed by atoms with Crippen molar-refractivity contribution in [3.63, 3.8) is 0 Å². The molecule has 0 aromatic carbocycles. The van der Waals surface area contributed by atoms with E-state index in [1.807, 2.05) is 12.1 Å². The summed E-state index contributed by atoms with van der Waals surface area (Å²) < 4.78 is 0.663. The van der Waals surface area contributed by atoms with Gasteiger partial charge in [0.1, 0.15) is 16.5 Å². The van der Waals surface area contributed by atoms with Gasteiger partial charge in [-0.15, -0.1) is 0 Å². The fourth-order valence-corrected chi connectivity index (χ4v) is 3.75. The highest BCUT2D eigenvalue weighted by Crippen LogP contribution is 2.48. The maximum Gasteiger partial charge on any atom is 0.408 e. The highest BCUT2D eigenvalue weighted by atomic mass is 79.9. The van der Waals surface area contributed by atoms with Gasteiger partial charge >= 0.3 is 6.09 Å². The summed E-state index contributed by atoms with van der Waals surface area (Å²) in [4.78, 5) is 29.6. The zero-order chi connectivity index (χ0) is 15.4. The Labute approximate surface area is 136 Å². The zero-order valence-electron chi connectivity index (χ0n) is 11.8. The van der Waals surface area contributed by atoms with Crippen LogP contribution in [0.1, 0.15) is 37.2 Å². The minimum atomic E-state index is -1.00. The fourth-order valence-electron chi connectivity index (χ4n) is 3.44. The number of hydrogen-bond donors (Lipinski definition) is 2. The molecule has 1 aromatic rings. The van der Waals surface area contributed by atoms with E-state index in [4.69, 9.17) is 0 Å². The Kier molecular flexibility index (Phi) is 3.14. The molecule has 7 heteroatoms. The van der Waals surface area contributed by atoms with Crippen molar-refractivity contribution >= 4 is 33.7 Å². The first-order chi connectivity index (χ1) is 10.5. The predicted octanol–water partition coefficient (Wildman–Crippen LogP) is 2.80. The standard InChI is InChI=1S/C15H16BrN3O3/c16-12-4-3-9(7-1-2-7)13(17-12)18-14(20)11-6-8-5-10(8)19(11)15(21)22/h3-4,7-8,10-11H,1-2,5-6H2,(H,21,22)(H,17,18,20)/t8-,10-,11+/m1/s1. The van der Waals surface area contributed by atoms with E-state index < -0.39 is 12.1 Å². The van der Waals surface area contributed by atoms with Gasteiger partial charge in [0.2, 0.25) is 5.91 Å². The molecule has 0 bridgehead atoms. The molecule has 0 spiro atoms. The predicted molar refractivity (Wildman–Crippen MR) is 82.7 cm³/mol. The van der Waals surface area contributed by atoms with E-state index in [1.165, 1.54) is 4.90 Å². The second-order valence-corrected chi connectivity index (χ2v) is 7.15. The lowest BCUT2D eigenvalue weighted by molar-refractivity contribution is -0.120. The number of nitrogens with one attached hydrogen (secondary N) is 1. The van der Waals surface area contributed by atoms with Crippen LogP contribution in [-0.4, -0.2) is 39.1 Å². The van der Waals surface area contributed by atoms with Crippen LogP contribution in [0.2, 0.25) is 0 Å². The number of aromatic nitrogens is 1. The number of anilines is 1. The average Bonchev–Trinajstić information content (AvgIpc) is 3.37. The quantitative estimate of drug-likeness (QED) is 0.806. The summed E-state index contributed by atoms with van der Waals surface area (Å²) in [6, 6.07) is 3.30. The van der Waals surface area contributed by atoms with Crippen molar-refractivity contribution in [2.45, 2.75) is 43.7 Å². The van der Waals surface area contributed by atoms with Crippen molar-refractivity contribution in [2.24, 2.45) is 5.92 Å². The first kappa shape index (κ1) is 14.0. The molecule has 3 fully saturated rings. The summed E-state index contributed by atoms with van der Waals surface area (Å²) in [6.45, 7) is 0. The highest BCUT2D eigenvalue weighted by Gasteiger charge is 2.56. The van der Waals surface area contributed by atoms with Crippen molar-refractivity contribution in [3.8, 4) is 0 Å². The maximum atomic E-state index is 12.5. The van der Waals surface area contributed by atoms with Gasteiger partial charge in [-0.3, -0.25) is 9.69 Å². The van der Waals surface area contributed by atoms with Crippen molar-refractivity contribution in [1.29, 1.82) is 0 Å². The number of likely N-dealkylation sites (tertiary alicyclic amines) is 1. The number of pyridine rings is 1. The van der Waals surface area contributed by atoms with Crippen LogP contribution in [-0.2, 0) is 4.79 Å². The van der Waals surface area contributed by atoms with E-state index in [0.717, 1.165) is 24.8 Å². The topological polar surface area (TPSA) is 82.5 Å². The Morgan fingerprint density at radius 3 is 2.77 bits per heavy atom. The number of fused-ring (bicyclic) bond motifs is 1. The molecule has 2 heterocycles. The maximum absolute atomic E-state index is 12.5. The highest BCUT2D eigenvalue weighted by molar-refractivity contribution is 9.10. The van der Waals surface area contributed by atoms with E-state index in [-0.39, 0.29) is 11.9 Å². The second-order valence-electron chi connectivity index (χ2n) is 6.34. The second kappa shape index (κ2) is 4.94. The molecule has 3 aliphatic rings. The van der Waals surface area contributed by atoms with Gasteiger partial charge in [-0.25, -0.2) is 9.78 Å².